The summed E-state index contributed by atoms with van der Waals surface area (Å²) in [6.07, 6.45) is 0. The van der Waals surface area contributed by atoms with E-state index in [4.69, 9.17) is 31.5 Å². The number of nitrogens with zero attached hydrogens (tertiary/aromatic N) is 1. The summed E-state index contributed by atoms with van der Waals surface area (Å²) in [5.74, 6) is -0.0352. The normalized spacial score (nSPS) is 15.0. The Balaban J connectivity index is 1.64. The maximum absolute atomic E-state index is 13.7. The number of carboxylic acid groups (broad SMARTS) is 1. The number of hydrogen-bond acceptors (Lipinski definition) is 6. The van der Waals surface area contributed by atoms with Crippen molar-refractivity contribution in [2.45, 2.75) is 5.92 Å². The van der Waals surface area contributed by atoms with Gasteiger partial charge in [-0.2, -0.15) is 0 Å². The molecule has 4 aromatic rings. The molecule has 1 aliphatic heterocycles. The third kappa shape index (κ3) is 3.32. The Kier molecular flexibility index (Phi) is 5.40. The molecule has 3 heterocycles. The first-order chi connectivity index (χ1) is 16.8. The zero-order valence-electron chi connectivity index (χ0n) is 19.2. The molecule has 5 N–H and O–H groups in total. The van der Waals surface area contributed by atoms with Crippen molar-refractivity contribution in [2.75, 3.05) is 44.4 Å². The van der Waals surface area contributed by atoms with Gasteiger partial charge in [0, 0.05) is 29.1 Å². The van der Waals surface area contributed by atoms with Crippen LogP contribution in [0.5, 0.6) is 17.2 Å². The lowest BCUT2D eigenvalue weighted by atomic mass is 9.98. The Morgan fingerprint density at radius 1 is 1.06 bits per heavy atom. The number of rotatable bonds is 6. The van der Waals surface area contributed by atoms with Crippen LogP contribution in [0.1, 0.15) is 32.5 Å². The molecule has 0 saturated heterocycles. The smallest absolute Gasteiger partial charge is 0.352 e. The molecule has 11 heteroatoms. The van der Waals surface area contributed by atoms with E-state index in [-0.39, 0.29) is 23.4 Å². The number of amides is 1. The molecule has 2 aromatic carbocycles. The molecule has 0 aliphatic carbocycles. The van der Waals surface area contributed by atoms with Gasteiger partial charge in [0.1, 0.15) is 11.4 Å². The number of ether oxygens (including phenoxy) is 3. The van der Waals surface area contributed by atoms with E-state index in [9.17, 15) is 14.7 Å². The van der Waals surface area contributed by atoms with Crippen molar-refractivity contribution >= 4 is 56.7 Å². The molecule has 1 amide bonds. The topological polar surface area (TPSA) is 143 Å². The summed E-state index contributed by atoms with van der Waals surface area (Å²) < 4.78 is 16.4. The van der Waals surface area contributed by atoms with E-state index in [2.05, 4.69) is 9.97 Å². The Morgan fingerprint density at radius 3 is 2.40 bits per heavy atom. The van der Waals surface area contributed by atoms with E-state index in [1.807, 2.05) is 0 Å². The van der Waals surface area contributed by atoms with Crippen LogP contribution in [0.25, 0.3) is 21.8 Å². The summed E-state index contributed by atoms with van der Waals surface area (Å²) in [4.78, 5) is 32.9. The van der Waals surface area contributed by atoms with Crippen molar-refractivity contribution < 1.29 is 28.9 Å². The van der Waals surface area contributed by atoms with E-state index in [1.165, 1.54) is 27.4 Å². The summed E-state index contributed by atoms with van der Waals surface area (Å²) in [5, 5.41) is 10.8. The SMILES string of the molecule is COc1cc2cc(C(=O)N3CC(CCl)c4c3cc(N)c3[nH]c(C(=O)O)cc43)[nH]c2c(OC)c1OC. The van der Waals surface area contributed by atoms with Crippen LogP contribution in [-0.2, 0) is 0 Å². The molecule has 10 nitrogen and oxygen atoms in total. The quantitative estimate of drug-likeness (QED) is 0.233. The Hall–Kier alpha value is -4.05. The average molecular weight is 499 g/mol. The van der Waals surface area contributed by atoms with Gasteiger partial charge in [0.05, 0.1) is 43.7 Å². The van der Waals surface area contributed by atoms with Crippen molar-refractivity contribution in [3.8, 4) is 17.2 Å². The summed E-state index contributed by atoms with van der Waals surface area (Å²) >= 11 is 6.28. The molecule has 35 heavy (non-hydrogen) atoms. The van der Waals surface area contributed by atoms with Gasteiger partial charge in [0.2, 0.25) is 5.75 Å². The van der Waals surface area contributed by atoms with Crippen molar-refractivity contribution in [1.82, 2.24) is 9.97 Å². The average Bonchev–Trinajstić information content (AvgIpc) is 3.56. The molecular weight excluding hydrogens is 476 g/mol. The largest absolute Gasteiger partial charge is 0.493 e. The number of carbonyl (C=O) groups is 2. The number of nitrogens with one attached hydrogen (secondary N) is 2. The van der Waals surface area contributed by atoms with Crippen LogP contribution >= 0.6 is 11.6 Å². The monoisotopic (exact) mass is 498 g/mol. The van der Waals surface area contributed by atoms with Gasteiger partial charge >= 0.3 is 5.97 Å². The van der Waals surface area contributed by atoms with Crippen LogP contribution in [0, 0.1) is 0 Å². The minimum atomic E-state index is -1.10. The van der Waals surface area contributed by atoms with Crippen LogP contribution in [0.15, 0.2) is 24.3 Å². The van der Waals surface area contributed by atoms with E-state index in [1.54, 1.807) is 23.1 Å². The number of hydrogen-bond donors (Lipinski definition) is 4. The molecule has 182 valence electrons. The number of halogens is 1. The number of carbonyl (C=O) groups excluding carboxylic acids is 1. The Labute approximate surface area is 204 Å². The van der Waals surface area contributed by atoms with Crippen LogP contribution in [0.3, 0.4) is 0 Å². The van der Waals surface area contributed by atoms with Crippen molar-refractivity contribution in [3.05, 3.63) is 41.2 Å². The number of aromatic nitrogens is 2. The van der Waals surface area contributed by atoms with Gasteiger partial charge in [-0.25, -0.2) is 4.79 Å². The number of nitrogen functional groups attached to an aromatic ring is 1. The summed E-state index contributed by atoms with van der Waals surface area (Å²) in [5.41, 5.74) is 9.43. The van der Waals surface area contributed by atoms with E-state index in [0.717, 1.165) is 5.56 Å². The number of carboxylic acids is 1. The first-order valence-corrected chi connectivity index (χ1v) is 11.2. The number of benzene rings is 2. The van der Waals surface area contributed by atoms with Crippen LogP contribution < -0.4 is 24.8 Å². The number of fused-ring (bicyclic) bond motifs is 4. The highest BCUT2D eigenvalue weighted by molar-refractivity contribution is 6.19. The molecule has 1 atom stereocenters. The molecule has 1 unspecified atom stereocenters. The predicted octanol–water partition coefficient (Wildman–Crippen LogP) is 3.94. The lowest BCUT2D eigenvalue weighted by molar-refractivity contribution is 0.0691. The lowest BCUT2D eigenvalue weighted by Crippen LogP contribution is -2.30. The number of aromatic carboxylic acids is 1. The maximum Gasteiger partial charge on any atom is 0.352 e. The molecule has 5 rings (SSSR count). The fourth-order valence-electron chi connectivity index (χ4n) is 4.83. The van der Waals surface area contributed by atoms with Gasteiger partial charge in [-0.1, -0.05) is 0 Å². The molecule has 0 bridgehead atoms. The summed E-state index contributed by atoms with van der Waals surface area (Å²) in [6.45, 7) is 0.322. The maximum atomic E-state index is 13.7. The Bertz CT molecular complexity index is 1510. The van der Waals surface area contributed by atoms with Gasteiger partial charge in [-0.05, 0) is 29.8 Å². The standard InChI is InChI=1S/C24H23ClN4O6/c1-33-17-5-10-4-14(27-19(10)22(35-3)21(17)34-2)23(30)29-9-11(8-25)18-12-6-15(24(31)32)28-20(12)13(26)7-16(18)29/h4-7,11,27-28H,8-9,26H2,1-3H3,(H,31,32). The zero-order valence-corrected chi connectivity index (χ0v) is 19.9. The van der Waals surface area contributed by atoms with Crippen LogP contribution in [0.2, 0.25) is 0 Å². The molecule has 0 saturated carbocycles. The van der Waals surface area contributed by atoms with Crippen molar-refractivity contribution in [3.63, 3.8) is 0 Å². The zero-order chi connectivity index (χ0) is 25.0. The van der Waals surface area contributed by atoms with Crippen LogP contribution in [0.4, 0.5) is 11.4 Å². The molecule has 2 aromatic heterocycles. The van der Waals surface area contributed by atoms with Gasteiger partial charge in [0.25, 0.3) is 5.91 Å². The molecule has 0 radical (unpaired) electrons. The number of H-pyrrole nitrogens is 2. The molecule has 0 spiro atoms. The van der Waals surface area contributed by atoms with E-state index < -0.39 is 5.97 Å². The number of nitrogens with two attached hydrogens (primary N) is 1. The number of anilines is 2. The van der Waals surface area contributed by atoms with Crippen molar-refractivity contribution in [2.24, 2.45) is 0 Å². The Morgan fingerprint density at radius 2 is 1.77 bits per heavy atom. The van der Waals surface area contributed by atoms with Crippen LogP contribution in [-0.4, -0.2) is 60.7 Å². The number of aromatic amines is 2. The minimum absolute atomic E-state index is 0.0174. The highest BCUT2D eigenvalue weighted by atomic mass is 35.5. The van der Waals surface area contributed by atoms with Crippen molar-refractivity contribution in [1.29, 1.82) is 0 Å². The summed E-state index contributed by atoms with van der Waals surface area (Å²) in [7, 11) is 4.55. The second-order valence-electron chi connectivity index (χ2n) is 8.23. The third-order valence-electron chi connectivity index (χ3n) is 6.38. The molecule has 0 fully saturated rings. The van der Waals surface area contributed by atoms with E-state index >= 15 is 0 Å². The molecule has 1 aliphatic rings. The fourth-order valence-corrected chi connectivity index (χ4v) is 5.08. The minimum Gasteiger partial charge on any atom is -0.493 e. The lowest BCUT2D eigenvalue weighted by Gasteiger charge is -2.17. The van der Waals surface area contributed by atoms with Gasteiger partial charge < -0.3 is 39.9 Å². The highest BCUT2D eigenvalue weighted by Gasteiger charge is 2.36. The molecular formula is C24H23ClN4O6. The van der Waals surface area contributed by atoms with Gasteiger partial charge in [-0.3, -0.25) is 4.79 Å². The van der Waals surface area contributed by atoms with Gasteiger partial charge in [0.15, 0.2) is 11.5 Å². The number of methoxy groups -OCH3 is 3. The number of alkyl halides is 1. The predicted molar refractivity (Wildman–Crippen MR) is 133 cm³/mol. The van der Waals surface area contributed by atoms with E-state index in [0.29, 0.717) is 62.7 Å². The first kappa shape index (κ1) is 22.7. The van der Waals surface area contributed by atoms with Gasteiger partial charge in [-0.15, -0.1) is 11.6 Å². The highest BCUT2D eigenvalue weighted by Crippen LogP contribution is 2.46. The fraction of sp³-hybridized carbons (Fsp3) is 0.250. The summed E-state index contributed by atoms with van der Waals surface area (Å²) in [6, 6.07) is 6.70. The second-order valence-corrected chi connectivity index (χ2v) is 8.54. The second kappa shape index (κ2) is 8.31. The first-order valence-electron chi connectivity index (χ1n) is 10.7. The third-order valence-corrected chi connectivity index (χ3v) is 6.75.